The molecule has 0 unspecified atom stereocenters. The highest BCUT2D eigenvalue weighted by Gasteiger charge is 2.33. The van der Waals surface area contributed by atoms with Gasteiger partial charge in [-0.25, -0.2) is 0 Å². The quantitative estimate of drug-likeness (QED) is 0.803. The Hall–Kier alpha value is -1.96. The summed E-state index contributed by atoms with van der Waals surface area (Å²) in [4.78, 5) is 0. The molecule has 0 bridgehead atoms. The first-order valence-corrected chi connectivity index (χ1v) is 4.45. The van der Waals surface area contributed by atoms with Crippen LogP contribution in [0.15, 0.2) is 30.9 Å². The third-order valence-corrected chi connectivity index (χ3v) is 1.90. The molecule has 2 nitrogen and oxygen atoms in total. The normalized spacial score (nSPS) is 10.6. The molecule has 84 valence electrons. The molecule has 0 aliphatic heterocycles. The molecule has 0 atom stereocenters. The average molecular weight is 226 g/mol. The van der Waals surface area contributed by atoms with Gasteiger partial charge >= 0.3 is 6.18 Å². The molecule has 0 heterocycles. The molecular formula is C11H9F3N2. The van der Waals surface area contributed by atoms with Gasteiger partial charge in [0.15, 0.2) is 0 Å². The van der Waals surface area contributed by atoms with Crippen LogP contribution in [-0.2, 0) is 6.18 Å². The van der Waals surface area contributed by atoms with E-state index < -0.39 is 11.7 Å². The van der Waals surface area contributed by atoms with Crippen LogP contribution in [0.3, 0.4) is 0 Å². The predicted octanol–water partition coefficient (Wildman–Crippen LogP) is 3.17. The molecule has 1 N–H and O–H groups in total. The van der Waals surface area contributed by atoms with Gasteiger partial charge in [-0.15, -0.1) is 6.58 Å². The number of rotatable bonds is 3. The number of hydrogen-bond acceptors (Lipinski definition) is 2. The first kappa shape index (κ1) is 12.1. The van der Waals surface area contributed by atoms with Gasteiger partial charge < -0.3 is 5.32 Å². The number of nitrogens with zero attached hydrogens (tertiary/aromatic N) is 1. The van der Waals surface area contributed by atoms with E-state index >= 15 is 0 Å². The summed E-state index contributed by atoms with van der Waals surface area (Å²) >= 11 is 0. The molecular weight excluding hydrogens is 217 g/mol. The van der Waals surface area contributed by atoms with E-state index in [9.17, 15) is 13.2 Å². The summed E-state index contributed by atoms with van der Waals surface area (Å²) in [5, 5.41) is 11.3. The fourth-order valence-electron chi connectivity index (χ4n) is 1.18. The van der Waals surface area contributed by atoms with E-state index in [0.29, 0.717) is 12.2 Å². The van der Waals surface area contributed by atoms with Crippen LogP contribution in [0.2, 0.25) is 0 Å². The Morgan fingerprint density at radius 3 is 2.62 bits per heavy atom. The fraction of sp³-hybridized carbons (Fsp3) is 0.182. The Morgan fingerprint density at radius 2 is 2.12 bits per heavy atom. The predicted molar refractivity (Wildman–Crippen MR) is 54.8 cm³/mol. The SMILES string of the molecule is C=CCNc1ccc(C#N)c(C(F)(F)F)c1. The van der Waals surface area contributed by atoms with Crippen LogP contribution in [0.4, 0.5) is 18.9 Å². The minimum absolute atomic E-state index is 0.311. The number of nitrogens with one attached hydrogen (secondary N) is 1. The average Bonchev–Trinajstić information content (AvgIpc) is 2.24. The maximum atomic E-state index is 12.5. The van der Waals surface area contributed by atoms with E-state index in [0.717, 1.165) is 12.1 Å². The van der Waals surface area contributed by atoms with Crippen molar-refractivity contribution in [1.29, 1.82) is 5.26 Å². The maximum absolute atomic E-state index is 12.5. The zero-order valence-electron chi connectivity index (χ0n) is 8.30. The molecule has 16 heavy (non-hydrogen) atoms. The van der Waals surface area contributed by atoms with Crippen molar-refractivity contribution in [2.24, 2.45) is 0 Å². The highest BCUT2D eigenvalue weighted by molar-refractivity contribution is 5.53. The smallest absolute Gasteiger partial charge is 0.382 e. The van der Waals surface area contributed by atoms with E-state index in [-0.39, 0.29) is 5.56 Å². The van der Waals surface area contributed by atoms with E-state index in [1.54, 1.807) is 0 Å². The van der Waals surface area contributed by atoms with Crippen LogP contribution >= 0.6 is 0 Å². The molecule has 0 spiro atoms. The van der Waals surface area contributed by atoms with Crippen LogP contribution in [0, 0.1) is 11.3 Å². The van der Waals surface area contributed by atoms with E-state index in [1.165, 1.54) is 18.2 Å². The van der Waals surface area contributed by atoms with E-state index in [4.69, 9.17) is 5.26 Å². The molecule has 0 fully saturated rings. The molecule has 0 radical (unpaired) electrons. The summed E-state index contributed by atoms with van der Waals surface area (Å²) < 4.78 is 37.6. The molecule has 0 saturated heterocycles. The molecule has 0 saturated carbocycles. The second-order valence-corrected chi connectivity index (χ2v) is 3.04. The first-order valence-electron chi connectivity index (χ1n) is 4.45. The lowest BCUT2D eigenvalue weighted by atomic mass is 10.1. The Kier molecular flexibility index (Phi) is 3.56. The molecule has 1 rings (SSSR count). The van der Waals surface area contributed by atoms with Gasteiger partial charge in [-0.1, -0.05) is 6.08 Å². The molecule has 5 heteroatoms. The van der Waals surface area contributed by atoms with Crippen molar-refractivity contribution in [3.8, 4) is 6.07 Å². The van der Waals surface area contributed by atoms with Crippen LogP contribution in [0.1, 0.15) is 11.1 Å². The largest absolute Gasteiger partial charge is 0.417 e. The van der Waals surface area contributed by atoms with Crippen molar-refractivity contribution >= 4 is 5.69 Å². The van der Waals surface area contributed by atoms with E-state index in [2.05, 4.69) is 11.9 Å². The van der Waals surface area contributed by atoms with Crippen LogP contribution in [-0.4, -0.2) is 6.54 Å². The van der Waals surface area contributed by atoms with Crippen molar-refractivity contribution < 1.29 is 13.2 Å². The zero-order valence-corrected chi connectivity index (χ0v) is 8.30. The molecule has 0 aliphatic carbocycles. The summed E-state index contributed by atoms with van der Waals surface area (Å²) in [6, 6.07) is 5.01. The summed E-state index contributed by atoms with van der Waals surface area (Å²) in [7, 11) is 0. The van der Waals surface area contributed by atoms with Gasteiger partial charge in [0.25, 0.3) is 0 Å². The van der Waals surface area contributed by atoms with Crippen LogP contribution in [0.5, 0.6) is 0 Å². The van der Waals surface area contributed by atoms with Gasteiger partial charge in [0.1, 0.15) is 0 Å². The minimum atomic E-state index is -4.52. The topological polar surface area (TPSA) is 35.8 Å². The number of anilines is 1. The number of benzene rings is 1. The summed E-state index contributed by atoms with van der Waals surface area (Å²) in [5.41, 5.74) is -0.994. The van der Waals surface area contributed by atoms with E-state index in [1.807, 2.05) is 0 Å². The second-order valence-electron chi connectivity index (χ2n) is 3.04. The number of hydrogen-bond donors (Lipinski definition) is 1. The molecule has 0 aliphatic rings. The molecule has 1 aromatic carbocycles. The molecule has 0 amide bonds. The Morgan fingerprint density at radius 1 is 1.44 bits per heavy atom. The highest BCUT2D eigenvalue weighted by Crippen LogP contribution is 2.33. The third kappa shape index (κ3) is 2.76. The maximum Gasteiger partial charge on any atom is 0.417 e. The third-order valence-electron chi connectivity index (χ3n) is 1.90. The van der Waals surface area contributed by atoms with Crippen molar-refractivity contribution in [2.75, 3.05) is 11.9 Å². The molecule has 1 aromatic rings. The number of nitriles is 1. The zero-order chi connectivity index (χ0) is 12.2. The molecule has 0 aromatic heterocycles. The lowest BCUT2D eigenvalue weighted by Gasteiger charge is -2.11. The summed E-state index contributed by atoms with van der Waals surface area (Å²) in [5.74, 6) is 0. The fourth-order valence-corrected chi connectivity index (χ4v) is 1.18. The van der Waals surface area contributed by atoms with Gasteiger partial charge in [0.05, 0.1) is 17.2 Å². The van der Waals surface area contributed by atoms with Crippen LogP contribution < -0.4 is 5.32 Å². The highest BCUT2D eigenvalue weighted by atomic mass is 19.4. The minimum Gasteiger partial charge on any atom is -0.382 e. The van der Waals surface area contributed by atoms with Gasteiger partial charge in [-0.3, -0.25) is 0 Å². The van der Waals surface area contributed by atoms with Gasteiger partial charge in [0.2, 0.25) is 0 Å². The number of halogens is 3. The van der Waals surface area contributed by atoms with Gasteiger partial charge in [-0.2, -0.15) is 18.4 Å². The second kappa shape index (κ2) is 4.71. The lowest BCUT2D eigenvalue weighted by molar-refractivity contribution is -0.137. The monoisotopic (exact) mass is 226 g/mol. The number of alkyl halides is 3. The van der Waals surface area contributed by atoms with Crippen molar-refractivity contribution in [1.82, 2.24) is 0 Å². The lowest BCUT2D eigenvalue weighted by Crippen LogP contribution is -2.09. The Labute approximate surface area is 91.0 Å². The summed E-state index contributed by atoms with van der Waals surface area (Å²) in [6.07, 6.45) is -2.98. The summed E-state index contributed by atoms with van der Waals surface area (Å²) in [6.45, 7) is 3.81. The van der Waals surface area contributed by atoms with Crippen molar-refractivity contribution in [2.45, 2.75) is 6.18 Å². The van der Waals surface area contributed by atoms with Crippen molar-refractivity contribution in [3.63, 3.8) is 0 Å². The van der Waals surface area contributed by atoms with Gasteiger partial charge in [0, 0.05) is 12.2 Å². The Bertz CT molecular complexity index is 430. The standard InChI is InChI=1S/C11H9F3N2/c1-2-5-16-9-4-3-8(7-15)10(6-9)11(12,13)14/h2-4,6,16H,1,5H2. The first-order chi connectivity index (χ1) is 7.49. The Balaban J connectivity index is 3.13. The van der Waals surface area contributed by atoms with Crippen molar-refractivity contribution in [3.05, 3.63) is 42.0 Å². The van der Waals surface area contributed by atoms with Gasteiger partial charge in [-0.05, 0) is 18.2 Å². The van der Waals surface area contributed by atoms with Crippen LogP contribution in [0.25, 0.3) is 0 Å².